The van der Waals surface area contributed by atoms with Gasteiger partial charge in [0.05, 0.1) is 4.75 Å². The van der Waals surface area contributed by atoms with Gasteiger partial charge >= 0.3 is 0 Å². The Kier molecular flexibility index (Phi) is 3.31. The van der Waals surface area contributed by atoms with Gasteiger partial charge in [0.2, 0.25) is 10.0 Å². The first-order valence-corrected chi connectivity index (χ1v) is 10.3. The van der Waals surface area contributed by atoms with E-state index in [4.69, 9.17) is 0 Å². The van der Waals surface area contributed by atoms with Crippen LogP contribution in [-0.4, -0.2) is 35.7 Å². The monoisotopic (exact) mass is 337 g/mol. The van der Waals surface area contributed by atoms with Crippen LogP contribution in [0.3, 0.4) is 0 Å². The zero-order chi connectivity index (χ0) is 15.4. The maximum absolute atomic E-state index is 12.7. The molecule has 4 rings (SSSR count). The van der Waals surface area contributed by atoms with Crippen molar-refractivity contribution in [1.29, 1.82) is 0 Å². The van der Waals surface area contributed by atoms with Crippen LogP contribution in [0.5, 0.6) is 0 Å². The molecule has 22 heavy (non-hydrogen) atoms. The molecule has 1 aromatic carbocycles. The van der Waals surface area contributed by atoms with Crippen molar-refractivity contribution in [2.45, 2.75) is 48.2 Å². The highest BCUT2D eigenvalue weighted by Gasteiger charge is 2.62. The van der Waals surface area contributed by atoms with Crippen LogP contribution in [0.2, 0.25) is 0 Å². The Bertz CT molecular complexity index is 738. The second-order valence-corrected chi connectivity index (χ2v) is 9.84. The molecule has 1 amide bonds. The fourth-order valence-electron chi connectivity index (χ4n) is 3.44. The van der Waals surface area contributed by atoms with Crippen LogP contribution in [0.1, 0.15) is 48.0 Å². The van der Waals surface area contributed by atoms with Crippen molar-refractivity contribution >= 4 is 27.7 Å². The molecule has 1 aliphatic carbocycles. The molecule has 0 aromatic heterocycles. The van der Waals surface area contributed by atoms with E-state index in [1.165, 1.54) is 16.9 Å². The minimum atomic E-state index is -3.45. The molecule has 0 atom stereocenters. The summed E-state index contributed by atoms with van der Waals surface area (Å²) in [7, 11) is -3.45. The number of amides is 1. The number of nitrogens with zero attached hydrogens (tertiary/aromatic N) is 1. The van der Waals surface area contributed by atoms with Crippen molar-refractivity contribution in [3.8, 4) is 0 Å². The molecule has 0 bridgehead atoms. The lowest BCUT2D eigenvalue weighted by Crippen LogP contribution is -2.35. The normalized spacial score (nSPS) is 24.8. The van der Waals surface area contributed by atoms with E-state index in [1.54, 1.807) is 6.07 Å². The minimum Gasteiger partial charge on any atom is -0.268 e. The van der Waals surface area contributed by atoms with Crippen LogP contribution in [0, 0.1) is 0 Å². The summed E-state index contributed by atoms with van der Waals surface area (Å²) in [4.78, 5) is 13.9. The van der Waals surface area contributed by atoms with E-state index in [9.17, 15) is 13.2 Å². The van der Waals surface area contributed by atoms with Crippen molar-refractivity contribution in [2.75, 3.05) is 12.3 Å². The summed E-state index contributed by atoms with van der Waals surface area (Å²) in [5, 5.41) is 0. The highest BCUT2D eigenvalue weighted by molar-refractivity contribution is 7.99. The maximum atomic E-state index is 12.7. The fourth-order valence-corrected chi connectivity index (χ4v) is 6.61. The molecule has 1 saturated carbocycles. The van der Waals surface area contributed by atoms with Gasteiger partial charge in [-0.1, -0.05) is 0 Å². The Morgan fingerprint density at radius 1 is 1.18 bits per heavy atom. The van der Waals surface area contributed by atoms with Crippen molar-refractivity contribution in [3.05, 3.63) is 29.3 Å². The summed E-state index contributed by atoms with van der Waals surface area (Å²) in [5.41, 5.74) is 1.70. The topological polar surface area (TPSA) is 54.5 Å². The smallest absolute Gasteiger partial charge is 0.267 e. The quantitative estimate of drug-likeness (QED) is 0.791. The fraction of sp³-hybridized carbons (Fsp3) is 0.562. The third-order valence-electron chi connectivity index (χ3n) is 5.05. The van der Waals surface area contributed by atoms with E-state index in [0.29, 0.717) is 31.4 Å². The number of fused-ring (bicyclic) bond motifs is 1. The van der Waals surface area contributed by atoms with Crippen molar-refractivity contribution < 1.29 is 13.2 Å². The average Bonchev–Trinajstić information content (AvgIpc) is 3.26. The third-order valence-corrected chi connectivity index (χ3v) is 8.89. The molecule has 1 aromatic rings. The van der Waals surface area contributed by atoms with Gasteiger partial charge in [-0.2, -0.15) is 0 Å². The predicted molar refractivity (Wildman–Crippen MR) is 86.6 cm³/mol. The largest absolute Gasteiger partial charge is 0.268 e. The van der Waals surface area contributed by atoms with Gasteiger partial charge in [0.15, 0.2) is 0 Å². The molecule has 0 radical (unpaired) electrons. The van der Waals surface area contributed by atoms with Gasteiger partial charge in [0, 0.05) is 17.0 Å². The minimum absolute atomic E-state index is 0.340. The zero-order valence-corrected chi connectivity index (χ0v) is 14.0. The number of carbonyl (C=O) groups excluding carboxylic acids is 1. The Hall–Kier alpha value is -1.01. The molecule has 0 N–H and O–H groups in total. The zero-order valence-electron chi connectivity index (χ0n) is 12.4. The second-order valence-electron chi connectivity index (χ2n) is 6.44. The Balaban J connectivity index is 1.65. The molecule has 3 aliphatic rings. The first kappa shape index (κ1) is 14.6. The van der Waals surface area contributed by atoms with Gasteiger partial charge < -0.3 is 0 Å². The first-order valence-electron chi connectivity index (χ1n) is 7.86. The molecular weight excluding hydrogens is 318 g/mol. The lowest BCUT2D eigenvalue weighted by atomic mass is 10.0. The van der Waals surface area contributed by atoms with Crippen LogP contribution in [0.4, 0.5) is 0 Å². The van der Waals surface area contributed by atoms with Crippen molar-refractivity contribution in [3.63, 3.8) is 0 Å². The number of carbonyl (C=O) groups is 1. The number of sulfonamides is 1. The van der Waals surface area contributed by atoms with Crippen molar-refractivity contribution in [1.82, 2.24) is 4.31 Å². The van der Waals surface area contributed by atoms with Crippen LogP contribution < -0.4 is 0 Å². The molecule has 1 saturated heterocycles. The molecule has 6 heteroatoms. The average molecular weight is 337 g/mol. The van der Waals surface area contributed by atoms with Gasteiger partial charge in [-0.15, -0.1) is 11.8 Å². The molecule has 2 heterocycles. The molecule has 118 valence electrons. The highest BCUT2D eigenvalue weighted by Crippen LogP contribution is 2.52. The molecule has 2 fully saturated rings. The standard InChI is InChI=1S/C16H19NO3S2/c18-15(17-9-8-16(6-7-16)22(17,19)20)13-4-5-14-12(11-13)3-1-2-10-21-14/h4-5,11H,1-3,6-10H2. The van der Waals surface area contributed by atoms with Gasteiger partial charge in [-0.25, -0.2) is 12.7 Å². The summed E-state index contributed by atoms with van der Waals surface area (Å²) in [6, 6.07) is 5.67. The molecule has 2 aliphatic heterocycles. The summed E-state index contributed by atoms with van der Waals surface area (Å²) < 4.78 is 25.6. The third kappa shape index (κ3) is 2.11. The highest BCUT2D eigenvalue weighted by atomic mass is 32.2. The summed E-state index contributed by atoms with van der Waals surface area (Å²) in [6.07, 6.45) is 5.30. The number of benzene rings is 1. The number of aryl methyl sites for hydroxylation is 1. The molecule has 4 nitrogen and oxygen atoms in total. The first-order chi connectivity index (χ1) is 10.5. The predicted octanol–water partition coefficient (Wildman–Crippen LogP) is 2.82. The number of hydrogen-bond donors (Lipinski definition) is 0. The van der Waals surface area contributed by atoms with Gasteiger partial charge in [-0.05, 0) is 68.0 Å². The van der Waals surface area contributed by atoms with E-state index in [-0.39, 0.29) is 5.91 Å². The molecular formula is C16H19NO3S2. The van der Waals surface area contributed by atoms with E-state index in [1.807, 2.05) is 23.9 Å². The summed E-state index contributed by atoms with van der Waals surface area (Å²) >= 11 is 1.83. The lowest BCUT2D eigenvalue weighted by Gasteiger charge is -2.17. The Morgan fingerprint density at radius 2 is 2.00 bits per heavy atom. The van der Waals surface area contributed by atoms with E-state index < -0.39 is 14.8 Å². The summed E-state index contributed by atoms with van der Waals surface area (Å²) in [5.74, 6) is 0.768. The van der Waals surface area contributed by atoms with Crippen molar-refractivity contribution in [2.24, 2.45) is 0 Å². The van der Waals surface area contributed by atoms with Gasteiger partial charge in [0.25, 0.3) is 5.91 Å². The SMILES string of the molecule is O=C(c1ccc2c(c1)CCCCS2)N1CCC2(CC2)S1(=O)=O. The van der Waals surface area contributed by atoms with Crippen LogP contribution in [0.15, 0.2) is 23.1 Å². The van der Waals surface area contributed by atoms with Crippen LogP contribution >= 0.6 is 11.8 Å². The van der Waals surface area contributed by atoms with Crippen LogP contribution in [-0.2, 0) is 16.4 Å². The van der Waals surface area contributed by atoms with Gasteiger partial charge in [0.1, 0.15) is 0 Å². The van der Waals surface area contributed by atoms with Gasteiger partial charge in [-0.3, -0.25) is 4.79 Å². The summed E-state index contributed by atoms with van der Waals surface area (Å²) in [6.45, 7) is 0.340. The number of thioether (sulfide) groups is 1. The molecule has 0 unspecified atom stereocenters. The van der Waals surface area contributed by atoms with E-state index >= 15 is 0 Å². The number of hydrogen-bond acceptors (Lipinski definition) is 4. The maximum Gasteiger partial charge on any atom is 0.267 e. The van der Waals surface area contributed by atoms with E-state index in [0.717, 1.165) is 22.9 Å². The number of rotatable bonds is 1. The Labute approximate surface area is 135 Å². The molecule has 1 spiro atoms. The van der Waals surface area contributed by atoms with Crippen LogP contribution in [0.25, 0.3) is 0 Å². The second kappa shape index (κ2) is 4.99. The van der Waals surface area contributed by atoms with E-state index in [2.05, 4.69) is 0 Å². The Morgan fingerprint density at radius 3 is 2.73 bits per heavy atom. The lowest BCUT2D eigenvalue weighted by molar-refractivity contribution is 0.0869.